The third kappa shape index (κ3) is 3.42. The van der Waals surface area contributed by atoms with Crippen LogP contribution in [0.3, 0.4) is 0 Å². The van der Waals surface area contributed by atoms with Gasteiger partial charge in [-0.15, -0.1) is 0 Å². The second-order valence-electron chi connectivity index (χ2n) is 5.01. The van der Waals surface area contributed by atoms with Crippen LogP contribution in [0.15, 0.2) is 35.0 Å². The molecular formula is C14H17N3O3. The highest BCUT2D eigenvalue weighted by atomic mass is 16.6. The first kappa shape index (κ1) is 14.2. The van der Waals surface area contributed by atoms with Gasteiger partial charge < -0.3 is 9.84 Å². The number of rotatable bonds is 6. The predicted molar refractivity (Wildman–Crippen MR) is 75.1 cm³/mol. The lowest BCUT2D eigenvalue weighted by Crippen LogP contribution is -2.18. The Morgan fingerprint density at radius 2 is 2.05 bits per heavy atom. The van der Waals surface area contributed by atoms with Crippen molar-refractivity contribution in [3.63, 3.8) is 0 Å². The number of nitrogens with one attached hydrogen (secondary N) is 1. The molecule has 1 heterocycles. The Morgan fingerprint density at radius 1 is 1.35 bits per heavy atom. The van der Waals surface area contributed by atoms with Crippen molar-refractivity contribution in [1.82, 2.24) is 10.5 Å². The molecule has 0 spiro atoms. The van der Waals surface area contributed by atoms with E-state index >= 15 is 0 Å². The maximum absolute atomic E-state index is 10.6. The number of hydrogen-bond donors (Lipinski definition) is 1. The Balaban J connectivity index is 2.12. The Morgan fingerprint density at radius 3 is 2.65 bits per heavy atom. The van der Waals surface area contributed by atoms with Gasteiger partial charge in [-0.25, -0.2) is 0 Å². The van der Waals surface area contributed by atoms with Crippen LogP contribution in [-0.2, 0) is 6.54 Å². The van der Waals surface area contributed by atoms with Gasteiger partial charge >= 0.3 is 0 Å². The average Bonchev–Trinajstić information content (AvgIpc) is 2.87. The summed E-state index contributed by atoms with van der Waals surface area (Å²) < 4.78 is 5.25. The van der Waals surface area contributed by atoms with Crippen LogP contribution in [0.2, 0.25) is 0 Å². The van der Waals surface area contributed by atoms with Crippen LogP contribution in [0.4, 0.5) is 5.69 Å². The number of nitro groups is 1. The minimum absolute atomic E-state index is 0.0627. The van der Waals surface area contributed by atoms with E-state index in [0.29, 0.717) is 18.2 Å². The fourth-order valence-electron chi connectivity index (χ4n) is 1.85. The highest BCUT2D eigenvalue weighted by Gasteiger charge is 2.12. The van der Waals surface area contributed by atoms with Crippen LogP contribution in [0.5, 0.6) is 0 Å². The Kier molecular flexibility index (Phi) is 4.47. The van der Waals surface area contributed by atoms with Crippen molar-refractivity contribution < 1.29 is 9.45 Å². The van der Waals surface area contributed by atoms with Gasteiger partial charge in [-0.2, -0.15) is 0 Å². The monoisotopic (exact) mass is 275 g/mol. The van der Waals surface area contributed by atoms with Gasteiger partial charge in [0.2, 0.25) is 0 Å². The van der Waals surface area contributed by atoms with Gasteiger partial charge in [0, 0.05) is 29.8 Å². The minimum Gasteiger partial charge on any atom is -0.356 e. The van der Waals surface area contributed by atoms with Gasteiger partial charge in [0.25, 0.3) is 5.69 Å². The third-order valence-corrected chi connectivity index (χ3v) is 2.85. The van der Waals surface area contributed by atoms with E-state index in [0.717, 1.165) is 17.7 Å². The van der Waals surface area contributed by atoms with E-state index in [1.165, 1.54) is 12.1 Å². The minimum atomic E-state index is -0.421. The molecule has 1 N–H and O–H groups in total. The van der Waals surface area contributed by atoms with Crippen molar-refractivity contribution >= 4 is 5.69 Å². The van der Waals surface area contributed by atoms with Crippen molar-refractivity contribution in [3.8, 4) is 11.3 Å². The Bertz CT molecular complexity index is 576. The first-order valence-electron chi connectivity index (χ1n) is 6.47. The zero-order valence-corrected chi connectivity index (χ0v) is 11.5. The van der Waals surface area contributed by atoms with Gasteiger partial charge in [0.05, 0.1) is 11.1 Å². The number of benzene rings is 1. The molecule has 0 amide bonds. The summed E-state index contributed by atoms with van der Waals surface area (Å²) >= 11 is 0. The summed E-state index contributed by atoms with van der Waals surface area (Å²) in [6, 6.07) is 6.27. The molecule has 0 radical (unpaired) electrons. The van der Waals surface area contributed by atoms with Gasteiger partial charge in [0.1, 0.15) is 0 Å². The third-order valence-electron chi connectivity index (χ3n) is 2.85. The zero-order chi connectivity index (χ0) is 14.5. The lowest BCUT2D eigenvalue weighted by molar-refractivity contribution is -0.384. The van der Waals surface area contributed by atoms with E-state index in [1.54, 1.807) is 18.3 Å². The molecule has 0 saturated carbocycles. The number of aromatic nitrogens is 1. The second kappa shape index (κ2) is 6.29. The van der Waals surface area contributed by atoms with E-state index in [9.17, 15) is 10.1 Å². The van der Waals surface area contributed by atoms with Crippen molar-refractivity contribution in [2.45, 2.75) is 20.4 Å². The molecule has 0 aliphatic rings. The Hall–Kier alpha value is -2.21. The molecule has 0 fully saturated rings. The smallest absolute Gasteiger partial charge is 0.269 e. The number of non-ortho nitro benzene ring substituents is 1. The van der Waals surface area contributed by atoms with Crippen molar-refractivity contribution in [3.05, 3.63) is 46.1 Å². The largest absolute Gasteiger partial charge is 0.356 e. The molecule has 0 bridgehead atoms. The van der Waals surface area contributed by atoms with E-state index in [2.05, 4.69) is 24.3 Å². The number of nitrogens with zero attached hydrogens (tertiary/aromatic N) is 2. The van der Waals surface area contributed by atoms with Gasteiger partial charge in [-0.1, -0.05) is 19.0 Å². The first-order chi connectivity index (χ1) is 9.58. The van der Waals surface area contributed by atoms with Gasteiger partial charge in [-0.05, 0) is 24.6 Å². The summed E-state index contributed by atoms with van der Waals surface area (Å²) in [6.45, 7) is 5.84. The fraction of sp³-hybridized carbons (Fsp3) is 0.357. The number of hydrogen-bond acceptors (Lipinski definition) is 5. The van der Waals surface area contributed by atoms with Crippen LogP contribution in [-0.4, -0.2) is 16.6 Å². The molecule has 6 nitrogen and oxygen atoms in total. The van der Waals surface area contributed by atoms with Crippen LogP contribution < -0.4 is 5.32 Å². The molecule has 1 aromatic heterocycles. The zero-order valence-electron chi connectivity index (χ0n) is 11.5. The van der Waals surface area contributed by atoms with Crippen molar-refractivity contribution in [1.29, 1.82) is 0 Å². The normalized spacial score (nSPS) is 10.9. The predicted octanol–water partition coefficient (Wildman–Crippen LogP) is 3.00. The fourth-order valence-corrected chi connectivity index (χ4v) is 1.85. The van der Waals surface area contributed by atoms with E-state index in [-0.39, 0.29) is 5.69 Å². The van der Waals surface area contributed by atoms with Crippen molar-refractivity contribution in [2.75, 3.05) is 6.54 Å². The quantitative estimate of drug-likeness (QED) is 0.647. The molecule has 2 aromatic rings. The van der Waals surface area contributed by atoms with E-state index < -0.39 is 4.92 Å². The maximum Gasteiger partial charge on any atom is 0.269 e. The maximum atomic E-state index is 10.6. The van der Waals surface area contributed by atoms with Gasteiger partial charge in [-0.3, -0.25) is 10.1 Å². The summed E-state index contributed by atoms with van der Waals surface area (Å²) in [5, 5.41) is 17.8. The molecule has 2 rings (SSSR count). The van der Waals surface area contributed by atoms with Crippen LogP contribution >= 0.6 is 0 Å². The highest BCUT2D eigenvalue weighted by Crippen LogP contribution is 2.25. The van der Waals surface area contributed by atoms with E-state index in [1.807, 2.05) is 0 Å². The molecule has 0 aliphatic heterocycles. The first-order valence-corrected chi connectivity index (χ1v) is 6.47. The molecule has 0 saturated heterocycles. The molecule has 6 heteroatoms. The molecular weight excluding hydrogens is 258 g/mol. The summed E-state index contributed by atoms with van der Waals surface area (Å²) in [6.07, 6.45) is 1.67. The van der Waals surface area contributed by atoms with Crippen molar-refractivity contribution in [2.24, 2.45) is 5.92 Å². The lowest BCUT2D eigenvalue weighted by Gasteiger charge is -2.06. The molecule has 0 unspecified atom stereocenters. The summed E-state index contributed by atoms with van der Waals surface area (Å²) in [5.74, 6) is 1.22. The topological polar surface area (TPSA) is 81.2 Å². The lowest BCUT2D eigenvalue weighted by atomic mass is 10.1. The molecule has 0 atom stereocenters. The molecule has 1 aromatic carbocycles. The van der Waals surface area contributed by atoms with Crippen LogP contribution in [0, 0.1) is 16.0 Å². The Labute approximate surface area is 116 Å². The average molecular weight is 275 g/mol. The van der Waals surface area contributed by atoms with E-state index in [4.69, 9.17) is 4.52 Å². The SMILES string of the molecule is CC(C)CNCc1cnoc1-c1ccc([N+](=O)[O-])cc1. The summed E-state index contributed by atoms with van der Waals surface area (Å²) in [5.41, 5.74) is 1.79. The molecule has 20 heavy (non-hydrogen) atoms. The highest BCUT2D eigenvalue weighted by molar-refractivity contribution is 5.62. The molecule has 0 aliphatic carbocycles. The standard InChI is InChI=1S/C14H17N3O3/c1-10(2)7-15-8-12-9-16-20-14(12)11-3-5-13(6-4-11)17(18)19/h3-6,9-10,15H,7-8H2,1-2H3. The van der Waals surface area contributed by atoms with Gasteiger partial charge in [0.15, 0.2) is 5.76 Å². The second-order valence-corrected chi connectivity index (χ2v) is 5.01. The molecule has 106 valence electrons. The van der Waals surface area contributed by atoms with Crippen LogP contribution in [0.1, 0.15) is 19.4 Å². The van der Waals surface area contributed by atoms with Crippen LogP contribution in [0.25, 0.3) is 11.3 Å². The summed E-state index contributed by atoms with van der Waals surface area (Å²) in [7, 11) is 0. The number of nitro benzene ring substituents is 1. The summed E-state index contributed by atoms with van der Waals surface area (Å²) in [4.78, 5) is 10.2.